The van der Waals surface area contributed by atoms with Crippen molar-refractivity contribution in [2.75, 3.05) is 39.8 Å². The summed E-state index contributed by atoms with van der Waals surface area (Å²) in [5, 5.41) is 6.42. The molecule has 3 heterocycles. The van der Waals surface area contributed by atoms with Crippen molar-refractivity contribution in [3.05, 3.63) is 66.0 Å². The lowest BCUT2D eigenvalue weighted by molar-refractivity contribution is -0.134. The molecule has 1 atom stereocenters. The molecule has 7 heteroatoms. The van der Waals surface area contributed by atoms with Gasteiger partial charge in [-0.25, -0.2) is 9.99 Å². The van der Waals surface area contributed by atoms with Gasteiger partial charge in [0.2, 0.25) is 0 Å². The summed E-state index contributed by atoms with van der Waals surface area (Å²) in [5.41, 5.74) is 3.86. The molecule has 1 amide bonds. The first-order valence-electron chi connectivity index (χ1n) is 10.5. The number of rotatable bonds is 4. The molecule has 3 aromatic rings. The second-order valence-electron chi connectivity index (χ2n) is 8.09. The highest BCUT2D eigenvalue weighted by Crippen LogP contribution is 2.32. The van der Waals surface area contributed by atoms with E-state index in [0.717, 1.165) is 54.3 Å². The summed E-state index contributed by atoms with van der Waals surface area (Å²) in [5.74, 6) is 0.813. The lowest BCUT2D eigenvalue weighted by Crippen LogP contribution is -2.48. The Balaban J connectivity index is 1.43. The Morgan fingerprint density at radius 1 is 1.03 bits per heavy atom. The van der Waals surface area contributed by atoms with Gasteiger partial charge in [0.05, 0.1) is 23.3 Å². The number of carbonyl (C=O) groups excluding carboxylic acids is 1. The molecule has 0 aliphatic carbocycles. The summed E-state index contributed by atoms with van der Waals surface area (Å²) < 4.78 is 0. The first-order valence-corrected chi connectivity index (χ1v) is 10.5. The molecule has 0 saturated carbocycles. The van der Waals surface area contributed by atoms with Crippen LogP contribution < -0.4 is 0 Å². The number of para-hydroxylation sites is 2. The Morgan fingerprint density at radius 2 is 1.77 bits per heavy atom. The summed E-state index contributed by atoms with van der Waals surface area (Å²) in [6, 6.07) is 17.8. The molecule has 0 radical (unpaired) electrons. The number of nitrogens with one attached hydrogen (secondary N) is 1. The van der Waals surface area contributed by atoms with E-state index < -0.39 is 0 Å². The smallest absolute Gasteiger partial charge is 0.257 e. The van der Waals surface area contributed by atoms with Crippen LogP contribution in [-0.2, 0) is 4.79 Å². The molecule has 0 unspecified atom stereocenters. The minimum Gasteiger partial charge on any atom is -0.340 e. The average molecular weight is 403 g/mol. The van der Waals surface area contributed by atoms with Crippen molar-refractivity contribution >= 4 is 22.7 Å². The Morgan fingerprint density at radius 3 is 2.53 bits per heavy atom. The average Bonchev–Trinajstić information content (AvgIpc) is 3.40. The van der Waals surface area contributed by atoms with Crippen LogP contribution in [0.3, 0.4) is 0 Å². The number of benzene rings is 2. The number of amides is 1. The molecule has 1 N–H and O–H groups in total. The second-order valence-corrected chi connectivity index (χ2v) is 8.09. The van der Waals surface area contributed by atoms with Gasteiger partial charge in [-0.2, -0.15) is 5.10 Å². The summed E-state index contributed by atoms with van der Waals surface area (Å²) in [4.78, 5) is 26.0. The van der Waals surface area contributed by atoms with Crippen molar-refractivity contribution in [2.45, 2.75) is 12.5 Å². The summed E-state index contributed by atoms with van der Waals surface area (Å²) in [7, 11) is 2.12. The molecule has 1 aromatic heterocycles. The van der Waals surface area contributed by atoms with E-state index in [1.54, 1.807) is 5.01 Å². The quantitative estimate of drug-likeness (QED) is 0.728. The fraction of sp³-hybridized carbons (Fsp3) is 0.348. The first-order chi connectivity index (χ1) is 14.7. The number of fused-ring (bicyclic) bond motifs is 1. The largest absolute Gasteiger partial charge is 0.340 e. The highest BCUT2D eigenvalue weighted by molar-refractivity contribution is 6.03. The van der Waals surface area contributed by atoms with Gasteiger partial charge in [-0.15, -0.1) is 0 Å². The van der Waals surface area contributed by atoms with E-state index in [1.807, 2.05) is 54.6 Å². The number of hydrazone groups is 1. The van der Waals surface area contributed by atoms with Crippen LogP contribution in [0.15, 0.2) is 59.7 Å². The molecule has 154 valence electrons. The van der Waals surface area contributed by atoms with Crippen LogP contribution in [0, 0.1) is 0 Å². The molecule has 1 fully saturated rings. The molecule has 30 heavy (non-hydrogen) atoms. The topological polar surface area (TPSA) is 67.8 Å². The number of H-pyrrole nitrogens is 1. The number of hydrogen-bond donors (Lipinski definition) is 1. The van der Waals surface area contributed by atoms with Gasteiger partial charge in [0.1, 0.15) is 11.9 Å². The maximum atomic E-state index is 13.3. The van der Waals surface area contributed by atoms with Gasteiger partial charge in [0, 0.05) is 32.6 Å². The van der Waals surface area contributed by atoms with Crippen LogP contribution >= 0.6 is 0 Å². The molecule has 0 bridgehead atoms. The van der Waals surface area contributed by atoms with Gasteiger partial charge in [0.15, 0.2) is 0 Å². The zero-order chi connectivity index (χ0) is 20.5. The molecule has 7 nitrogen and oxygen atoms in total. The molecule has 0 spiro atoms. The summed E-state index contributed by atoms with van der Waals surface area (Å²) >= 11 is 0. The number of likely N-dealkylation sites (N-methyl/N-ethyl adjacent to an activating group) is 1. The first kappa shape index (κ1) is 19.0. The normalized spacial score (nSPS) is 20.6. The van der Waals surface area contributed by atoms with Gasteiger partial charge in [0.25, 0.3) is 5.91 Å². The maximum absolute atomic E-state index is 13.3. The zero-order valence-electron chi connectivity index (χ0n) is 17.2. The van der Waals surface area contributed by atoms with E-state index in [-0.39, 0.29) is 11.9 Å². The fourth-order valence-electron chi connectivity index (χ4n) is 4.16. The van der Waals surface area contributed by atoms with Gasteiger partial charge in [-0.05, 0) is 24.7 Å². The minimum absolute atomic E-state index is 0.0240. The molecule has 2 aromatic carbocycles. The van der Waals surface area contributed by atoms with E-state index in [1.165, 1.54) is 0 Å². The standard InChI is InChI=1S/C23H26N6O/c1-27-11-13-28(14-12-27)16-22(30)29-21(15-20(26-29)17-7-3-2-4-8-17)23-24-18-9-5-6-10-19(18)25-23/h2-10,21H,11-16H2,1H3,(H,24,25)/t21-/m1/s1. The van der Waals surface area contributed by atoms with Crippen LogP contribution in [0.1, 0.15) is 23.9 Å². The number of nitrogens with zero attached hydrogens (tertiary/aromatic N) is 5. The number of aromatic amines is 1. The second kappa shape index (κ2) is 8.01. The van der Waals surface area contributed by atoms with E-state index in [2.05, 4.69) is 21.8 Å². The van der Waals surface area contributed by atoms with Gasteiger partial charge in [-0.1, -0.05) is 42.5 Å². The van der Waals surface area contributed by atoms with Crippen LogP contribution in [0.5, 0.6) is 0 Å². The third-order valence-corrected chi connectivity index (χ3v) is 5.95. The zero-order valence-corrected chi connectivity index (χ0v) is 17.2. The van der Waals surface area contributed by atoms with Gasteiger partial charge >= 0.3 is 0 Å². The highest BCUT2D eigenvalue weighted by atomic mass is 16.2. The number of carbonyl (C=O) groups is 1. The molecule has 2 aliphatic rings. The molecule has 2 aliphatic heterocycles. The fourth-order valence-corrected chi connectivity index (χ4v) is 4.16. The predicted octanol–water partition coefficient (Wildman–Crippen LogP) is 2.49. The monoisotopic (exact) mass is 402 g/mol. The molecular formula is C23H26N6O. The third kappa shape index (κ3) is 3.74. The van der Waals surface area contributed by atoms with Crippen LogP contribution in [0.2, 0.25) is 0 Å². The van der Waals surface area contributed by atoms with Crippen LogP contribution in [-0.4, -0.2) is 76.2 Å². The van der Waals surface area contributed by atoms with Crippen molar-refractivity contribution in [3.63, 3.8) is 0 Å². The highest BCUT2D eigenvalue weighted by Gasteiger charge is 2.35. The lowest BCUT2D eigenvalue weighted by Gasteiger charge is -2.32. The van der Waals surface area contributed by atoms with Crippen LogP contribution in [0.25, 0.3) is 11.0 Å². The molecular weight excluding hydrogens is 376 g/mol. The van der Waals surface area contributed by atoms with E-state index in [0.29, 0.717) is 13.0 Å². The number of hydrogen-bond acceptors (Lipinski definition) is 5. The summed E-state index contributed by atoms with van der Waals surface area (Å²) in [6.07, 6.45) is 0.651. The van der Waals surface area contributed by atoms with Gasteiger partial charge < -0.3 is 9.88 Å². The Kier molecular flexibility index (Phi) is 5.06. The minimum atomic E-state index is -0.215. The predicted molar refractivity (Wildman–Crippen MR) is 117 cm³/mol. The van der Waals surface area contributed by atoms with E-state index in [4.69, 9.17) is 10.1 Å². The lowest BCUT2D eigenvalue weighted by atomic mass is 10.0. The van der Waals surface area contributed by atoms with E-state index in [9.17, 15) is 4.79 Å². The Hall–Kier alpha value is -3.03. The number of piperazine rings is 1. The van der Waals surface area contributed by atoms with Crippen molar-refractivity contribution in [3.8, 4) is 0 Å². The van der Waals surface area contributed by atoms with Crippen LogP contribution in [0.4, 0.5) is 0 Å². The Bertz CT molecular complexity index is 1030. The van der Waals surface area contributed by atoms with Gasteiger partial charge in [-0.3, -0.25) is 9.69 Å². The number of aromatic nitrogens is 2. The van der Waals surface area contributed by atoms with Crippen molar-refractivity contribution < 1.29 is 4.79 Å². The van der Waals surface area contributed by atoms with Crippen molar-refractivity contribution in [1.82, 2.24) is 24.8 Å². The Labute approximate surface area is 176 Å². The van der Waals surface area contributed by atoms with Crippen molar-refractivity contribution in [1.29, 1.82) is 0 Å². The van der Waals surface area contributed by atoms with E-state index >= 15 is 0 Å². The maximum Gasteiger partial charge on any atom is 0.257 e. The third-order valence-electron chi connectivity index (χ3n) is 5.95. The molecule has 1 saturated heterocycles. The van der Waals surface area contributed by atoms with Crippen molar-refractivity contribution in [2.24, 2.45) is 5.10 Å². The summed E-state index contributed by atoms with van der Waals surface area (Å²) in [6.45, 7) is 4.16. The molecule has 5 rings (SSSR count). The SMILES string of the molecule is CN1CCN(CC(=O)N2N=C(c3ccccc3)C[C@@H]2c2nc3ccccc3[nH]2)CC1. The number of imidazole rings is 1.